The van der Waals surface area contributed by atoms with E-state index in [1.54, 1.807) is 13.3 Å². The molecule has 0 spiro atoms. The maximum Gasteiger partial charge on any atom is 0.190 e. The molecule has 5 nitrogen and oxygen atoms in total. The molecular weight excluding hydrogens is 381 g/mol. The largest absolute Gasteiger partial charge is 0.469 e. The van der Waals surface area contributed by atoms with E-state index in [9.17, 15) is 0 Å². The van der Waals surface area contributed by atoms with Crippen LogP contribution in [0.1, 0.15) is 32.4 Å². The van der Waals surface area contributed by atoms with Crippen LogP contribution in [-0.4, -0.2) is 38.8 Å². The molecule has 6 heteroatoms. The molecule has 1 aromatic rings. The van der Waals surface area contributed by atoms with Gasteiger partial charge in [0.1, 0.15) is 5.76 Å². The molecule has 0 aliphatic carbocycles. The number of nitrogens with one attached hydrogen (secondary N) is 2. The first-order valence-electron chi connectivity index (χ1n) is 7.31. The van der Waals surface area contributed by atoms with Crippen molar-refractivity contribution in [2.75, 3.05) is 26.7 Å². The quantitative estimate of drug-likeness (QED) is 0.285. The number of rotatable bonds is 9. The van der Waals surface area contributed by atoms with Gasteiger partial charge >= 0.3 is 0 Å². The molecule has 21 heavy (non-hydrogen) atoms. The fourth-order valence-corrected chi connectivity index (χ4v) is 1.73. The van der Waals surface area contributed by atoms with Crippen molar-refractivity contribution in [1.82, 2.24) is 10.6 Å². The van der Waals surface area contributed by atoms with E-state index >= 15 is 0 Å². The molecule has 2 N–H and O–H groups in total. The fraction of sp³-hybridized carbons (Fsp3) is 0.667. The first-order chi connectivity index (χ1) is 9.72. The van der Waals surface area contributed by atoms with Gasteiger partial charge in [0.2, 0.25) is 0 Å². The van der Waals surface area contributed by atoms with E-state index in [2.05, 4.69) is 29.5 Å². The van der Waals surface area contributed by atoms with Gasteiger partial charge in [-0.2, -0.15) is 0 Å². The lowest BCUT2D eigenvalue weighted by atomic mass is 10.3. The third-order valence-corrected chi connectivity index (χ3v) is 2.78. The van der Waals surface area contributed by atoms with Crippen molar-refractivity contribution in [3.63, 3.8) is 0 Å². The second kappa shape index (κ2) is 12.9. The van der Waals surface area contributed by atoms with Crippen LogP contribution in [0.4, 0.5) is 0 Å². The molecule has 122 valence electrons. The number of halogens is 1. The SMILES string of the molecule is CN=C(NCCCCOC(C)C)NCCc1ccco1.I. The third-order valence-electron chi connectivity index (χ3n) is 2.78. The minimum atomic E-state index is 0. The van der Waals surface area contributed by atoms with E-state index < -0.39 is 0 Å². The van der Waals surface area contributed by atoms with E-state index in [1.165, 1.54) is 0 Å². The monoisotopic (exact) mass is 409 g/mol. The normalized spacial score (nSPS) is 11.3. The number of nitrogens with zero attached hydrogens (tertiary/aromatic N) is 1. The Hall–Kier alpha value is -0.760. The van der Waals surface area contributed by atoms with Gasteiger partial charge in [-0.15, -0.1) is 24.0 Å². The van der Waals surface area contributed by atoms with Gasteiger partial charge in [-0.3, -0.25) is 4.99 Å². The molecule has 0 unspecified atom stereocenters. The average molecular weight is 409 g/mol. The van der Waals surface area contributed by atoms with Gasteiger partial charge in [0, 0.05) is 33.2 Å². The predicted molar refractivity (Wildman–Crippen MR) is 97.5 cm³/mol. The Morgan fingerprint density at radius 3 is 2.67 bits per heavy atom. The molecule has 1 heterocycles. The minimum Gasteiger partial charge on any atom is -0.469 e. The van der Waals surface area contributed by atoms with E-state index in [-0.39, 0.29) is 24.0 Å². The number of hydrogen-bond acceptors (Lipinski definition) is 3. The predicted octanol–water partition coefficient (Wildman–Crippen LogP) is 2.81. The van der Waals surface area contributed by atoms with E-state index in [0.29, 0.717) is 6.10 Å². The minimum absolute atomic E-state index is 0. The topological polar surface area (TPSA) is 58.8 Å². The van der Waals surface area contributed by atoms with Crippen LogP contribution in [0.25, 0.3) is 0 Å². The number of ether oxygens (including phenoxy) is 1. The molecular formula is C15H28IN3O2. The van der Waals surface area contributed by atoms with Crippen LogP contribution in [0, 0.1) is 0 Å². The van der Waals surface area contributed by atoms with Crippen molar-refractivity contribution in [1.29, 1.82) is 0 Å². The number of guanidine groups is 1. The Labute approximate surface area is 144 Å². The highest BCUT2D eigenvalue weighted by Crippen LogP contribution is 1.99. The summed E-state index contributed by atoms with van der Waals surface area (Å²) < 4.78 is 10.8. The van der Waals surface area contributed by atoms with Crippen molar-refractivity contribution >= 4 is 29.9 Å². The number of aliphatic imine (C=N–C) groups is 1. The van der Waals surface area contributed by atoms with E-state index in [1.807, 2.05) is 12.1 Å². The van der Waals surface area contributed by atoms with Crippen LogP contribution in [0.3, 0.4) is 0 Å². The first kappa shape index (κ1) is 20.2. The van der Waals surface area contributed by atoms with Gasteiger partial charge in [-0.1, -0.05) is 0 Å². The smallest absolute Gasteiger partial charge is 0.190 e. The van der Waals surface area contributed by atoms with Crippen LogP contribution in [0.15, 0.2) is 27.8 Å². The number of unbranched alkanes of at least 4 members (excludes halogenated alkanes) is 1. The fourth-order valence-electron chi connectivity index (χ4n) is 1.73. The van der Waals surface area contributed by atoms with E-state index in [4.69, 9.17) is 9.15 Å². The maximum absolute atomic E-state index is 5.50. The van der Waals surface area contributed by atoms with Gasteiger partial charge in [-0.25, -0.2) is 0 Å². The number of hydrogen-bond donors (Lipinski definition) is 2. The van der Waals surface area contributed by atoms with Gasteiger partial charge in [0.05, 0.1) is 12.4 Å². The van der Waals surface area contributed by atoms with Crippen LogP contribution in [-0.2, 0) is 11.2 Å². The van der Waals surface area contributed by atoms with Gasteiger partial charge in [-0.05, 0) is 38.8 Å². The van der Waals surface area contributed by atoms with Crippen molar-refractivity contribution in [3.8, 4) is 0 Å². The summed E-state index contributed by atoms with van der Waals surface area (Å²) in [4.78, 5) is 4.19. The maximum atomic E-state index is 5.50. The van der Waals surface area contributed by atoms with Crippen molar-refractivity contribution in [3.05, 3.63) is 24.2 Å². The van der Waals surface area contributed by atoms with Gasteiger partial charge < -0.3 is 19.8 Å². The second-order valence-corrected chi connectivity index (χ2v) is 4.88. The Balaban J connectivity index is 0.00000400. The molecule has 0 radical (unpaired) electrons. The summed E-state index contributed by atoms with van der Waals surface area (Å²) in [6, 6.07) is 3.88. The second-order valence-electron chi connectivity index (χ2n) is 4.88. The molecule has 0 aliphatic heterocycles. The summed E-state index contributed by atoms with van der Waals surface area (Å²) >= 11 is 0. The summed E-state index contributed by atoms with van der Waals surface area (Å²) in [5.41, 5.74) is 0. The highest BCUT2D eigenvalue weighted by Gasteiger charge is 1.99. The molecule has 0 aliphatic rings. The lowest BCUT2D eigenvalue weighted by Gasteiger charge is -2.11. The summed E-state index contributed by atoms with van der Waals surface area (Å²) in [5.74, 6) is 1.82. The Bertz CT molecular complexity index is 367. The van der Waals surface area contributed by atoms with Crippen LogP contribution >= 0.6 is 24.0 Å². The highest BCUT2D eigenvalue weighted by molar-refractivity contribution is 14.0. The molecule has 1 aromatic heterocycles. The van der Waals surface area contributed by atoms with Crippen molar-refractivity contribution < 1.29 is 9.15 Å². The summed E-state index contributed by atoms with van der Waals surface area (Å²) in [6.07, 6.45) is 5.01. The molecule has 0 fully saturated rings. The zero-order chi connectivity index (χ0) is 14.6. The molecule has 0 aromatic carbocycles. The number of furan rings is 1. The lowest BCUT2D eigenvalue weighted by molar-refractivity contribution is 0.0762. The highest BCUT2D eigenvalue weighted by atomic mass is 127. The Kier molecular flexibility index (Phi) is 12.5. The van der Waals surface area contributed by atoms with E-state index in [0.717, 1.165) is 50.7 Å². The molecule has 0 bridgehead atoms. The van der Waals surface area contributed by atoms with Crippen LogP contribution in [0.5, 0.6) is 0 Å². The van der Waals surface area contributed by atoms with Gasteiger partial charge in [0.25, 0.3) is 0 Å². The van der Waals surface area contributed by atoms with Crippen molar-refractivity contribution in [2.24, 2.45) is 4.99 Å². The standard InChI is InChI=1S/C15H27N3O2.HI/c1-13(2)19-11-5-4-9-17-15(16-3)18-10-8-14-7-6-12-20-14;/h6-7,12-13H,4-5,8-11H2,1-3H3,(H2,16,17,18);1H. The average Bonchev–Trinajstić information content (AvgIpc) is 2.93. The summed E-state index contributed by atoms with van der Waals surface area (Å²) in [7, 11) is 1.78. The Morgan fingerprint density at radius 1 is 1.29 bits per heavy atom. The summed E-state index contributed by atoms with van der Waals surface area (Å²) in [6.45, 7) is 6.65. The Morgan fingerprint density at radius 2 is 2.05 bits per heavy atom. The first-order valence-corrected chi connectivity index (χ1v) is 7.31. The van der Waals surface area contributed by atoms with Gasteiger partial charge in [0.15, 0.2) is 5.96 Å². The zero-order valence-corrected chi connectivity index (χ0v) is 15.6. The van der Waals surface area contributed by atoms with Crippen LogP contribution in [0.2, 0.25) is 0 Å². The third kappa shape index (κ3) is 10.6. The molecule has 0 amide bonds. The molecule has 0 atom stereocenters. The molecule has 0 saturated heterocycles. The molecule has 0 saturated carbocycles. The van der Waals surface area contributed by atoms with Crippen molar-refractivity contribution in [2.45, 2.75) is 39.2 Å². The molecule has 1 rings (SSSR count). The van der Waals surface area contributed by atoms with Crippen LogP contribution < -0.4 is 10.6 Å². The summed E-state index contributed by atoms with van der Waals surface area (Å²) in [5, 5.41) is 6.55. The lowest BCUT2D eigenvalue weighted by Crippen LogP contribution is -2.38. The zero-order valence-electron chi connectivity index (χ0n) is 13.2.